The monoisotopic (exact) mass is 541 g/mol. The van der Waals surface area contributed by atoms with Crippen LogP contribution in [0.2, 0.25) is 0 Å². The number of carbonyl (C=O) groups is 2. The van der Waals surface area contributed by atoms with Gasteiger partial charge in [-0.15, -0.1) is 5.10 Å². The van der Waals surface area contributed by atoms with Gasteiger partial charge in [0.05, 0.1) is 19.7 Å². The van der Waals surface area contributed by atoms with Gasteiger partial charge in [0.2, 0.25) is 11.8 Å². The zero-order valence-corrected chi connectivity index (χ0v) is 23.6. The van der Waals surface area contributed by atoms with Gasteiger partial charge in [-0.2, -0.15) is 0 Å². The molecule has 0 bridgehead atoms. The summed E-state index contributed by atoms with van der Waals surface area (Å²) >= 11 is 0. The van der Waals surface area contributed by atoms with Gasteiger partial charge in [-0.3, -0.25) is 14.5 Å². The van der Waals surface area contributed by atoms with Crippen LogP contribution in [0.1, 0.15) is 49.9 Å². The third kappa shape index (κ3) is 5.50. The van der Waals surface area contributed by atoms with Crippen molar-refractivity contribution in [3.63, 3.8) is 0 Å². The molecule has 0 saturated carbocycles. The predicted molar refractivity (Wildman–Crippen MR) is 154 cm³/mol. The second-order valence-electron chi connectivity index (χ2n) is 11.1. The van der Waals surface area contributed by atoms with Gasteiger partial charge < -0.3 is 14.8 Å². The summed E-state index contributed by atoms with van der Waals surface area (Å²) in [4.78, 5) is 30.1. The Kier molecular flexibility index (Phi) is 7.47. The Morgan fingerprint density at radius 1 is 1.00 bits per heavy atom. The van der Waals surface area contributed by atoms with E-state index < -0.39 is 11.6 Å². The fourth-order valence-electron chi connectivity index (χ4n) is 5.27. The molecule has 208 valence electrons. The first-order chi connectivity index (χ1) is 19.2. The predicted octanol–water partition coefficient (Wildman–Crippen LogP) is 4.63. The van der Waals surface area contributed by atoms with E-state index >= 15 is 0 Å². The molecule has 1 aromatic heterocycles. The van der Waals surface area contributed by atoms with Crippen molar-refractivity contribution < 1.29 is 19.1 Å². The van der Waals surface area contributed by atoms with Crippen LogP contribution >= 0.6 is 0 Å². The summed E-state index contributed by atoms with van der Waals surface area (Å²) in [7, 11) is 3.11. The summed E-state index contributed by atoms with van der Waals surface area (Å²) in [5, 5.41) is 11.5. The van der Waals surface area contributed by atoms with Crippen LogP contribution in [0.5, 0.6) is 11.5 Å². The van der Waals surface area contributed by atoms with Gasteiger partial charge in [0, 0.05) is 16.8 Å². The number of para-hydroxylation sites is 1. The minimum absolute atomic E-state index is 0.108. The number of aryl methyl sites for hydroxylation is 2. The highest BCUT2D eigenvalue weighted by Gasteiger charge is 2.37. The molecule has 1 N–H and O–H groups in total. The standard InChI is InChI=1S/C31H35N5O4/c1-31(2,3)32-30(38)29(24-18-23(39-4)15-16-27(24)40-5)36(22-14-13-20-9-8-10-21(20)17-22)28(37)19-35-26-12-7-6-11-25(26)33-34-35/h6-7,11-18,29H,8-10,19H2,1-5H3,(H,32,38)/t29-/m0/s1. The Balaban J connectivity index is 1.68. The molecule has 5 rings (SSSR count). The van der Waals surface area contributed by atoms with Crippen LogP contribution in [0.3, 0.4) is 0 Å². The van der Waals surface area contributed by atoms with Crippen LogP contribution in [-0.4, -0.2) is 46.6 Å². The average Bonchev–Trinajstić information content (AvgIpc) is 3.57. The quantitative estimate of drug-likeness (QED) is 0.349. The highest BCUT2D eigenvalue weighted by Crippen LogP contribution is 2.38. The SMILES string of the molecule is COc1ccc(OC)c([C@@H](C(=O)NC(C)(C)C)N(C(=O)Cn2nnc3ccccc32)c2ccc3c(c2)CCC3)c1. The molecule has 40 heavy (non-hydrogen) atoms. The number of nitrogens with one attached hydrogen (secondary N) is 1. The summed E-state index contributed by atoms with van der Waals surface area (Å²) in [6, 6.07) is 17.7. The number of aromatic nitrogens is 3. The molecule has 0 aliphatic heterocycles. The molecule has 4 aromatic rings. The Morgan fingerprint density at radius 2 is 1.77 bits per heavy atom. The zero-order valence-electron chi connectivity index (χ0n) is 23.6. The molecular weight excluding hydrogens is 506 g/mol. The van der Waals surface area contributed by atoms with Crippen molar-refractivity contribution in [1.29, 1.82) is 0 Å². The van der Waals surface area contributed by atoms with E-state index in [2.05, 4.69) is 21.7 Å². The first kappa shape index (κ1) is 27.2. The molecule has 0 spiro atoms. The third-order valence-corrected chi connectivity index (χ3v) is 7.07. The van der Waals surface area contributed by atoms with Crippen LogP contribution in [-0.2, 0) is 29.0 Å². The van der Waals surface area contributed by atoms with Crippen LogP contribution in [0.4, 0.5) is 5.69 Å². The maximum Gasteiger partial charge on any atom is 0.249 e. The molecule has 9 nitrogen and oxygen atoms in total. The van der Waals surface area contributed by atoms with Crippen molar-refractivity contribution >= 4 is 28.5 Å². The van der Waals surface area contributed by atoms with E-state index in [1.165, 1.54) is 11.1 Å². The number of fused-ring (bicyclic) bond motifs is 2. The van der Waals surface area contributed by atoms with E-state index in [1.54, 1.807) is 42.0 Å². The Bertz CT molecular complexity index is 1560. The molecule has 0 saturated heterocycles. The molecule has 3 aromatic carbocycles. The fourth-order valence-corrected chi connectivity index (χ4v) is 5.27. The van der Waals surface area contributed by atoms with E-state index in [-0.39, 0.29) is 18.4 Å². The molecule has 0 fully saturated rings. The number of nitrogens with zero attached hydrogens (tertiary/aromatic N) is 4. The number of anilines is 1. The minimum Gasteiger partial charge on any atom is -0.497 e. The number of rotatable bonds is 8. The van der Waals surface area contributed by atoms with Gasteiger partial charge in [0.25, 0.3) is 0 Å². The molecule has 1 heterocycles. The number of methoxy groups -OCH3 is 2. The molecule has 1 aliphatic carbocycles. The maximum atomic E-state index is 14.4. The lowest BCUT2D eigenvalue weighted by molar-refractivity contribution is -0.128. The number of hydrogen-bond donors (Lipinski definition) is 1. The Hall–Kier alpha value is -4.40. The van der Waals surface area contributed by atoms with Gasteiger partial charge in [-0.1, -0.05) is 23.4 Å². The smallest absolute Gasteiger partial charge is 0.249 e. The van der Waals surface area contributed by atoms with E-state index in [0.717, 1.165) is 24.8 Å². The maximum absolute atomic E-state index is 14.4. The second kappa shape index (κ2) is 11.0. The van der Waals surface area contributed by atoms with Crippen molar-refractivity contribution in [2.45, 2.75) is 58.2 Å². The summed E-state index contributed by atoms with van der Waals surface area (Å²) in [5.74, 6) is 0.372. The lowest BCUT2D eigenvalue weighted by Gasteiger charge is -2.34. The lowest BCUT2D eigenvalue weighted by atomic mass is 9.98. The van der Waals surface area contributed by atoms with Crippen molar-refractivity contribution in [3.8, 4) is 11.5 Å². The third-order valence-electron chi connectivity index (χ3n) is 7.07. The highest BCUT2D eigenvalue weighted by molar-refractivity contribution is 6.02. The molecular formula is C31H35N5O4. The van der Waals surface area contributed by atoms with Gasteiger partial charge in [0.1, 0.15) is 29.6 Å². The number of benzene rings is 3. The van der Waals surface area contributed by atoms with E-state index in [4.69, 9.17) is 9.47 Å². The summed E-state index contributed by atoms with van der Waals surface area (Å²) < 4.78 is 12.8. The van der Waals surface area contributed by atoms with Gasteiger partial charge in [-0.25, -0.2) is 4.68 Å². The second-order valence-corrected chi connectivity index (χ2v) is 11.1. The summed E-state index contributed by atoms with van der Waals surface area (Å²) in [6.45, 7) is 5.62. The minimum atomic E-state index is -1.05. The van der Waals surface area contributed by atoms with Crippen molar-refractivity contribution in [2.75, 3.05) is 19.1 Å². The lowest BCUT2D eigenvalue weighted by Crippen LogP contribution is -2.50. The number of ether oxygens (including phenoxy) is 2. The van der Waals surface area contributed by atoms with E-state index in [1.807, 2.05) is 57.2 Å². The molecule has 0 unspecified atom stereocenters. The topological polar surface area (TPSA) is 98.6 Å². The van der Waals surface area contributed by atoms with Crippen molar-refractivity contribution in [3.05, 3.63) is 77.4 Å². The average molecular weight is 542 g/mol. The van der Waals surface area contributed by atoms with Crippen LogP contribution < -0.4 is 19.7 Å². The summed E-state index contributed by atoms with van der Waals surface area (Å²) in [6.07, 6.45) is 3.00. The molecule has 1 aliphatic rings. The van der Waals surface area contributed by atoms with Gasteiger partial charge in [-0.05, 0) is 93.6 Å². The zero-order chi connectivity index (χ0) is 28.4. The number of hydrogen-bond acceptors (Lipinski definition) is 6. The number of carbonyl (C=O) groups excluding carboxylic acids is 2. The summed E-state index contributed by atoms with van der Waals surface area (Å²) in [5.41, 5.74) is 4.49. The normalized spacial score (nSPS) is 13.5. The van der Waals surface area contributed by atoms with Crippen LogP contribution in [0, 0.1) is 0 Å². The molecule has 9 heteroatoms. The van der Waals surface area contributed by atoms with Gasteiger partial charge in [0.15, 0.2) is 0 Å². The first-order valence-corrected chi connectivity index (χ1v) is 13.4. The first-order valence-electron chi connectivity index (χ1n) is 13.4. The van der Waals surface area contributed by atoms with Crippen LogP contribution in [0.25, 0.3) is 11.0 Å². The Labute approximate surface area is 234 Å². The molecule has 0 radical (unpaired) electrons. The van der Waals surface area contributed by atoms with E-state index in [0.29, 0.717) is 28.3 Å². The van der Waals surface area contributed by atoms with E-state index in [9.17, 15) is 9.59 Å². The largest absolute Gasteiger partial charge is 0.497 e. The van der Waals surface area contributed by atoms with Crippen molar-refractivity contribution in [2.24, 2.45) is 0 Å². The van der Waals surface area contributed by atoms with Crippen molar-refractivity contribution in [1.82, 2.24) is 20.3 Å². The number of amides is 2. The fraction of sp³-hybridized carbons (Fsp3) is 0.355. The van der Waals surface area contributed by atoms with Gasteiger partial charge >= 0.3 is 0 Å². The Morgan fingerprint density at radius 3 is 2.52 bits per heavy atom. The molecule has 2 amide bonds. The molecule has 1 atom stereocenters. The van der Waals surface area contributed by atoms with Crippen LogP contribution in [0.15, 0.2) is 60.7 Å². The highest BCUT2D eigenvalue weighted by atomic mass is 16.5.